The molecule has 7 heteroatoms. The zero-order valence-corrected chi connectivity index (χ0v) is 14.2. The Balaban J connectivity index is 1.47. The summed E-state index contributed by atoms with van der Waals surface area (Å²) in [7, 11) is 0. The number of para-hydroxylation sites is 1. The lowest BCUT2D eigenvalue weighted by atomic mass is 10.2. The standard InChI is InChI=1S/C18H17ClN6/c19-13-3-1-2-4-15(13)24-10-17-20-7-8-25(17)18(11-24)21-16-9-14(22-23-16)12-5-6-12/h1-4,7-9,11-12H,5-6,10H2,(H2,21,22,23)/q+1. The average molecular weight is 353 g/mol. The molecular weight excluding hydrogens is 336 g/mol. The first-order valence-electron chi connectivity index (χ1n) is 8.36. The van der Waals surface area contributed by atoms with Crippen molar-refractivity contribution in [3.63, 3.8) is 0 Å². The summed E-state index contributed by atoms with van der Waals surface area (Å²) in [6.07, 6.45) is 8.29. The maximum absolute atomic E-state index is 6.38. The first kappa shape index (κ1) is 14.7. The fourth-order valence-corrected chi connectivity index (χ4v) is 3.39. The van der Waals surface area contributed by atoms with Crippen LogP contribution in [-0.4, -0.2) is 22.6 Å². The number of rotatable bonds is 4. The summed E-state index contributed by atoms with van der Waals surface area (Å²) in [6, 6.07) is 9.91. The molecule has 3 heterocycles. The minimum Gasteiger partial charge on any atom is -0.328 e. The Morgan fingerprint density at radius 2 is 2.16 bits per heavy atom. The van der Waals surface area contributed by atoms with E-state index in [1.165, 1.54) is 18.5 Å². The summed E-state index contributed by atoms with van der Waals surface area (Å²) in [6.45, 7) is 0.663. The number of hydrogen-bond donors (Lipinski definition) is 2. The Hall–Kier alpha value is -2.57. The van der Waals surface area contributed by atoms with Gasteiger partial charge in [-0.3, -0.25) is 10.4 Å². The van der Waals surface area contributed by atoms with Crippen LogP contribution in [0.25, 0.3) is 0 Å². The molecule has 2 aromatic rings. The molecule has 6 nitrogen and oxygen atoms in total. The fourth-order valence-electron chi connectivity index (χ4n) is 3.15. The highest BCUT2D eigenvalue weighted by Crippen LogP contribution is 2.39. The van der Waals surface area contributed by atoms with Gasteiger partial charge in [0, 0.05) is 17.7 Å². The fraction of sp³-hybridized carbons (Fsp3) is 0.222. The molecule has 1 saturated carbocycles. The number of H-pyrrole nitrogens is 1. The highest BCUT2D eigenvalue weighted by atomic mass is 35.5. The molecule has 1 aromatic heterocycles. The van der Waals surface area contributed by atoms with Gasteiger partial charge >= 0.3 is 0 Å². The van der Waals surface area contributed by atoms with E-state index < -0.39 is 0 Å². The minimum atomic E-state index is 0.645. The van der Waals surface area contributed by atoms with Crippen molar-refractivity contribution in [3.8, 4) is 0 Å². The van der Waals surface area contributed by atoms with Gasteiger partial charge < -0.3 is 4.90 Å². The third-order valence-electron chi connectivity index (χ3n) is 4.60. The van der Waals surface area contributed by atoms with Crippen molar-refractivity contribution in [2.45, 2.75) is 18.8 Å². The number of nitrogens with one attached hydrogen (secondary N) is 2. The predicted octanol–water partition coefficient (Wildman–Crippen LogP) is 3.69. The van der Waals surface area contributed by atoms with Crippen LogP contribution in [0.5, 0.6) is 0 Å². The highest BCUT2D eigenvalue weighted by Gasteiger charge is 2.38. The molecule has 3 aliphatic rings. The van der Waals surface area contributed by atoms with E-state index in [2.05, 4.69) is 31.5 Å². The Kier molecular flexibility index (Phi) is 3.39. The summed E-state index contributed by atoms with van der Waals surface area (Å²) in [5, 5.41) is 11.6. The molecule has 25 heavy (non-hydrogen) atoms. The Bertz CT molecular complexity index is 908. The van der Waals surface area contributed by atoms with Crippen LogP contribution in [-0.2, 0) is 0 Å². The van der Waals surface area contributed by atoms with E-state index in [1.807, 2.05) is 41.6 Å². The summed E-state index contributed by atoms with van der Waals surface area (Å²) < 4.78 is 0. The molecule has 1 aliphatic carbocycles. The van der Waals surface area contributed by atoms with Gasteiger partial charge in [-0.2, -0.15) is 10.1 Å². The number of fused-ring (bicyclic) bond motifs is 1. The van der Waals surface area contributed by atoms with Crippen LogP contribution < -0.4 is 15.1 Å². The maximum Gasteiger partial charge on any atom is 0.284 e. The molecule has 125 valence electrons. The Morgan fingerprint density at radius 1 is 1.28 bits per heavy atom. The van der Waals surface area contributed by atoms with Crippen LogP contribution in [0.15, 0.2) is 59.7 Å². The Labute approximate surface area is 150 Å². The molecule has 0 atom stereocenters. The van der Waals surface area contributed by atoms with Crippen LogP contribution >= 0.6 is 11.6 Å². The van der Waals surface area contributed by atoms with Crippen molar-refractivity contribution in [3.05, 3.63) is 65.5 Å². The number of aliphatic imine (C=N–C) groups is 1. The van der Waals surface area contributed by atoms with Crippen molar-refractivity contribution in [1.82, 2.24) is 15.1 Å². The first-order chi connectivity index (χ1) is 12.3. The lowest BCUT2D eigenvalue weighted by Gasteiger charge is -2.25. The Morgan fingerprint density at radius 3 is 3.00 bits per heavy atom. The summed E-state index contributed by atoms with van der Waals surface area (Å²) in [5.41, 5.74) is 2.16. The van der Waals surface area contributed by atoms with Crippen LogP contribution in [0.1, 0.15) is 24.5 Å². The molecule has 2 aliphatic heterocycles. The number of hydrogen-bond acceptors (Lipinski definition) is 5. The monoisotopic (exact) mass is 352 g/mol. The molecule has 1 radical (unpaired) electrons. The molecule has 0 saturated heterocycles. The van der Waals surface area contributed by atoms with Gasteiger partial charge in [-0.15, -0.1) is 0 Å². The van der Waals surface area contributed by atoms with Gasteiger partial charge in [-0.1, -0.05) is 23.7 Å². The number of aromatic amines is 1. The van der Waals surface area contributed by atoms with Gasteiger partial charge in [0.05, 0.1) is 23.1 Å². The van der Waals surface area contributed by atoms with Crippen LogP contribution in [0.2, 0.25) is 5.02 Å². The molecule has 0 unspecified atom stereocenters. The summed E-state index contributed by atoms with van der Waals surface area (Å²) in [4.78, 5) is 8.61. The zero-order chi connectivity index (χ0) is 16.8. The average Bonchev–Trinajstić information content (AvgIpc) is 3.17. The molecule has 2 N–H and O–H groups in total. The molecular formula is C18H17ClN6+. The van der Waals surface area contributed by atoms with Crippen LogP contribution in [0.4, 0.5) is 11.5 Å². The van der Waals surface area contributed by atoms with Crippen molar-refractivity contribution in [2.75, 3.05) is 16.8 Å². The van der Waals surface area contributed by atoms with Crippen molar-refractivity contribution >= 4 is 28.9 Å². The molecule has 1 fully saturated rings. The number of anilines is 2. The third kappa shape index (κ3) is 2.73. The normalized spacial score (nSPS) is 19.6. The second-order valence-electron chi connectivity index (χ2n) is 6.41. The first-order valence-corrected chi connectivity index (χ1v) is 8.73. The van der Waals surface area contributed by atoms with E-state index in [9.17, 15) is 0 Å². The highest BCUT2D eigenvalue weighted by molar-refractivity contribution is 6.33. The topological polar surface area (TPSA) is 62.2 Å². The largest absolute Gasteiger partial charge is 0.328 e. The van der Waals surface area contributed by atoms with E-state index in [4.69, 9.17) is 11.6 Å². The van der Waals surface area contributed by atoms with Gasteiger partial charge in [0.1, 0.15) is 6.54 Å². The smallest absolute Gasteiger partial charge is 0.284 e. The molecule has 0 bridgehead atoms. The number of halogens is 1. The lowest BCUT2D eigenvalue weighted by Crippen LogP contribution is -2.45. The minimum absolute atomic E-state index is 0.645. The maximum atomic E-state index is 6.38. The number of aromatic nitrogens is 2. The molecule has 0 spiro atoms. The van der Waals surface area contributed by atoms with Crippen molar-refractivity contribution < 1.29 is 0 Å². The number of benzene rings is 1. The van der Waals surface area contributed by atoms with E-state index in [0.717, 1.165) is 23.2 Å². The van der Waals surface area contributed by atoms with Gasteiger partial charge in [0.2, 0.25) is 0 Å². The third-order valence-corrected chi connectivity index (χ3v) is 4.92. The van der Waals surface area contributed by atoms with Crippen molar-refractivity contribution in [2.24, 2.45) is 4.99 Å². The zero-order valence-electron chi connectivity index (χ0n) is 13.5. The summed E-state index contributed by atoms with van der Waals surface area (Å²) in [5.74, 6) is 3.30. The molecule has 1 aromatic carbocycles. The molecule has 0 amide bonds. The van der Waals surface area contributed by atoms with Crippen LogP contribution in [0.3, 0.4) is 0 Å². The van der Waals surface area contributed by atoms with E-state index in [1.54, 1.807) is 6.20 Å². The second-order valence-corrected chi connectivity index (χ2v) is 6.82. The van der Waals surface area contributed by atoms with Crippen molar-refractivity contribution in [1.29, 1.82) is 0 Å². The van der Waals surface area contributed by atoms with E-state index in [0.29, 0.717) is 17.5 Å². The van der Waals surface area contributed by atoms with Crippen LogP contribution in [0, 0.1) is 0 Å². The van der Waals surface area contributed by atoms with Gasteiger partial charge in [0.25, 0.3) is 11.7 Å². The predicted molar refractivity (Wildman–Crippen MR) is 99.8 cm³/mol. The quantitative estimate of drug-likeness (QED) is 0.825. The lowest BCUT2D eigenvalue weighted by molar-refractivity contribution is 0.814. The van der Waals surface area contributed by atoms with E-state index >= 15 is 0 Å². The number of nitrogens with zero attached hydrogens (tertiary/aromatic N) is 4. The molecule has 5 rings (SSSR count). The van der Waals surface area contributed by atoms with Gasteiger partial charge in [-0.25, -0.2) is 0 Å². The number of amidine groups is 1. The second kappa shape index (κ2) is 5.75. The summed E-state index contributed by atoms with van der Waals surface area (Å²) >= 11 is 6.38. The van der Waals surface area contributed by atoms with Gasteiger partial charge in [-0.05, 0) is 29.9 Å². The SMILES string of the molecule is Clc1ccccc1N1C=C(Nc2cc(C3CC3)[nH]n2)[N+]2C=CN=C2C1. The van der Waals surface area contributed by atoms with E-state index in [-0.39, 0.29) is 0 Å². The van der Waals surface area contributed by atoms with Gasteiger partial charge in [0.15, 0.2) is 12.0 Å².